The zero-order chi connectivity index (χ0) is 14.0. The molecule has 2 aromatic rings. The normalized spacial score (nSPS) is 12.3. The lowest BCUT2D eigenvalue weighted by Gasteiger charge is -2.15. The van der Waals surface area contributed by atoms with E-state index in [-0.39, 0.29) is 5.38 Å². The lowest BCUT2D eigenvalue weighted by atomic mass is 10.0. The van der Waals surface area contributed by atoms with E-state index < -0.39 is 0 Å². The Morgan fingerprint density at radius 1 is 1.16 bits per heavy atom. The number of alkyl halides is 1. The summed E-state index contributed by atoms with van der Waals surface area (Å²) in [6.45, 7) is 2.04. The van der Waals surface area contributed by atoms with Crippen LogP contribution in [-0.2, 0) is 0 Å². The Labute approximate surface area is 131 Å². The summed E-state index contributed by atoms with van der Waals surface area (Å²) in [5.41, 5.74) is 3.04. The maximum absolute atomic E-state index is 6.55. The summed E-state index contributed by atoms with van der Waals surface area (Å²) in [4.78, 5) is 0. The van der Waals surface area contributed by atoms with Crippen molar-refractivity contribution in [3.63, 3.8) is 0 Å². The molecular weight excluding hydrogens is 347 g/mol. The third kappa shape index (κ3) is 3.25. The number of aryl methyl sites for hydroxylation is 1. The van der Waals surface area contributed by atoms with Gasteiger partial charge in [0.25, 0.3) is 0 Å². The van der Waals surface area contributed by atoms with E-state index in [0.29, 0.717) is 5.02 Å². The first-order valence-electron chi connectivity index (χ1n) is 5.76. The van der Waals surface area contributed by atoms with Crippen molar-refractivity contribution in [3.8, 4) is 5.75 Å². The van der Waals surface area contributed by atoms with Gasteiger partial charge in [0.2, 0.25) is 0 Å². The molecule has 100 valence electrons. The molecule has 0 saturated carbocycles. The van der Waals surface area contributed by atoms with Crippen molar-refractivity contribution in [3.05, 3.63) is 62.6 Å². The highest BCUT2D eigenvalue weighted by Gasteiger charge is 2.16. The van der Waals surface area contributed by atoms with Crippen molar-refractivity contribution < 1.29 is 4.74 Å². The number of hydrogen-bond donors (Lipinski definition) is 0. The van der Waals surface area contributed by atoms with Crippen LogP contribution in [0, 0.1) is 6.92 Å². The topological polar surface area (TPSA) is 9.23 Å². The number of methoxy groups -OCH3 is 1. The molecule has 0 bridgehead atoms. The Hall–Kier alpha value is -0.700. The molecule has 2 rings (SSSR count). The van der Waals surface area contributed by atoms with Gasteiger partial charge >= 0.3 is 0 Å². The van der Waals surface area contributed by atoms with Crippen molar-refractivity contribution in [2.24, 2.45) is 0 Å². The highest BCUT2D eigenvalue weighted by Crippen LogP contribution is 2.37. The molecule has 0 N–H and O–H groups in total. The molecule has 0 aliphatic rings. The molecule has 1 atom stereocenters. The average molecular weight is 360 g/mol. The summed E-state index contributed by atoms with van der Waals surface area (Å²) >= 11 is 16.1. The fraction of sp³-hybridized carbons (Fsp3) is 0.200. The molecule has 1 unspecified atom stereocenters. The van der Waals surface area contributed by atoms with Gasteiger partial charge in [-0.05, 0) is 42.3 Å². The molecule has 0 aliphatic carbocycles. The fourth-order valence-corrected chi connectivity index (χ4v) is 2.73. The summed E-state index contributed by atoms with van der Waals surface area (Å²) in [6.07, 6.45) is 0. The Kier molecular flexibility index (Phi) is 4.77. The quantitative estimate of drug-likeness (QED) is 0.634. The molecule has 0 fully saturated rings. The van der Waals surface area contributed by atoms with Gasteiger partial charge in [-0.15, -0.1) is 11.6 Å². The second-order valence-corrected chi connectivity index (χ2v) is 5.98. The van der Waals surface area contributed by atoms with Crippen LogP contribution in [-0.4, -0.2) is 7.11 Å². The van der Waals surface area contributed by atoms with Gasteiger partial charge in [0.1, 0.15) is 5.75 Å². The van der Waals surface area contributed by atoms with Gasteiger partial charge in [0.05, 0.1) is 12.5 Å². The van der Waals surface area contributed by atoms with Crippen LogP contribution in [0.5, 0.6) is 5.75 Å². The maximum Gasteiger partial charge on any atom is 0.123 e. The highest BCUT2D eigenvalue weighted by molar-refractivity contribution is 9.10. The summed E-state index contributed by atoms with van der Waals surface area (Å²) in [5, 5.41) is 0.346. The molecule has 19 heavy (non-hydrogen) atoms. The monoisotopic (exact) mass is 358 g/mol. The van der Waals surface area contributed by atoms with Crippen molar-refractivity contribution in [1.29, 1.82) is 0 Å². The van der Waals surface area contributed by atoms with Gasteiger partial charge < -0.3 is 4.74 Å². The fourth-order valence-electron chi connectivity index (χ4n) is 1.85. The average Bonchev–Trinajstić information content (AvgIpc) is 2.41. The van der Waals surface area contributed by atoms with Gasteiger partial charge in [-0.25, -0.2) is 0 Å². The molecule has 0 aliphatic heterocycles. The van der Waals surface area contributed by atoms with Crippen LogP contribution in [0.15, 0.2) is 40.9 Å². The van der Waals surface area contributed by atoms with E-state index in [1.165, 1.54) is 5.56 Å². The van der Waals surface area contributed by atoms with E-state index in [2.05, 4.69) is 15.9 Å². The van der Waals surface area contributed by atoms with Gasteiger partial charge in [-0.2, -0.15) is 0 Å². The Bertz CT molecular complexity index is 599. The minimum Gasteiger partial charge on any atom is -0.496 e. The number of ether oxygens (including phenoxy) is 1. The minimum atomic E-state index is -0.300. The zero-order valence-electron chi connectivity index (χ0n) is 10.6. The van der Waals surface area contributed by atoms with E-state index in [1.54, 1.807) is 13.2 Å². The number of halogens is 3. The molecule has 0 saturated heterocycles. The minimum absolute atomic E-state index is 0.300. The lowest BCUT2D eigenvalue weighted by molar-refractivity contribution is 0.410. The maximum atomic E-state index is 6.55. The van der Waals surface area contributed by atoms with Crippen molar-refractivity contribution >= 4 is 39.1 Å². The van der Waals surface area contributed by atoms with Crippen LogP contribution in [0.3, 0.4) is 0 Å². The third-order valence-corrected chi connectivity index (χ3v) is 4.53. The van der Waals surface area contributed by atoms with Crippen LogP contribution in [0.1, 0.15) is 22.1 Å². The molecule has 0 aromatic heterocycles. The Morgan fingerprint density at radius 2 is 1.89 bits per heavy atom. The predicted octanol–water partition coefficient (Wildman–Crippen LogP) is 5.75. The first-order valence-corrected chi connectivity index (χ1v) is 7.37. The third-order valence-electron chi connectivity index (χ3n) is 2.95. The van der Waals surface area contributed by atoms with Gasteiger partial charge in [0, 0.05) is 15.1 Å². The van der Waals surface area contributed by atoms with Crippen LogP contribution in [0.25, 0.3) is 0 Å². The Morgan fingerprint density at radius 3 is 2.53 bits per heavy atom. The van der Waals surface area contributed by atoms with Gasteiger partial charge in [0.15, 0.2) is 0 Å². The van der Waals surface area contributed by atoms with E-state index in [4.69, 9.17) is 27.9 Å². The van der Waals surface area contributed by atoms with E-state index in [9.17, 15) is 0 Å². The predicted molar refractivity (Wildman–Crippen MR) is 84.6 cm³/mol. The molecule has 0 amide bonds. The van der Waals surface area contributed by atoms with Crippen LogP contribution < -0.4 is 4.74 Å². The first kappa shape index (κ1) is 14.7. The summed E-state index contributed by atoms with van der Waals surface area (Å²) in [6, 6.07) is 11.5. The standard InChI is InChI=1S/C15H13BrCl2O/c1-9-3-4-10(7-13(9)16)15(18)12-8-11(17)5-6-14(12)19-2/h3-8,15H,1-2H3. The van der Waals surface area contributed by atoms with Crippen molar-refractivity contribution in [2.45, 2.75) is 12.3 Å². The van der Waals surface area contributed by atoms with E-state index in [0.717, 1.165) is 21.3 Å². The second-order valence-electron chi connectivity index (χ2n) is 4.26. The lowest BCUT2D eigenvalue weighted by Crippen LogP contribution is -1.98. The second kappa shape index (κ2) is 6.17. The number of benzene rings is 2. The largest absolute Gasteiger partial charge is 0.496 e. The van der Waals surface area contributed by atoms with Crippen LogP contribution in [0.4, 0.5) is 0 Å². The number of hydrogen-bond acceptors (Lipinski definition) is 1. The van der Waals surface area contributed by atoms with Gasteiger partial charge in [-0.1, -0.05) is 39.7 Å². The Balaban J connectivity index is 2.45. The molecular formula is C15H13BrCl2O. The highest BCUT2D eigenvalue weighted by atomic mass is 79.9. The molecule has 4 heteroatoms. The van der Waals surface area contributed by atoms with Gasteiger partial charge in [-0.3, -0.25) is 0 Å². The molecule has 1 nitrogen and oxygen atoms in total. The van der Waals surface area contributed by atoms with Crippen molar-refractivity contribution in [2.75, 3.05) is 7.11 Å². The summed E-state index contributed by atoms with van der Waals surface area (Å²) in [7, 11) is 1.63. The zero-order valence-corrected chi connectivity index (χ0v) is 13.7. The molecule has 0 heterocycles. The molecule has 0 spiro atoms. The van der Waals surface area contributed by atoms with Crippen LogP contribution >= 0.6 is 39.1 Å². The van der Waals surface area contributed by atoms with Crippen molar-refractivity contribution in [1.82, 2.24) is 0 Å². The van der Waals surface area contributed by atoms with E-state index in [1.807, 2.05) is 37.3 Å². The SMILES string of the molecule is COc1ccc(Cl)cc1C(Cl)c1ccc(C)c(Br)c1. The smallest absolute Gasteiger partial charge is 0.123 e. The molecule has 0 radical (unpaired) electrons. The van der Waals surface area contributed by atoms with E-state index >= 15 is 0 Å². The summed E-state index contributed by atoms with van der Waals surface area (Å²) in [5.74, 6) is 0.737. The van der Waals surface area contributed by atoms with Crippen LogP contribution in [0.2, 0.25) is 5.02 Å². The first-order chi connectivity index (χ1) is 9.02. The summed E-state index contributed by atoms with van der Waals surface area (Å²) < 4.78 is 6.38. The number of rotatable bonds is 3. The molecule has 2 aromatic carbocycles.